The van der Waals surface area contributed by atoms with Crippen LogP contribution in [0.4, 0.5) is 32.3 Å². The maximum absolute atomic E-state index is 14.3. The first-order chi connectivity index (χ1) is 16.6. The quantitative estimate of drug-likeness (QED) is 0.666. The molecule has 35 heavy (non-hydrogen) atoms. The average molecular weight is 486 g/mol. The number of carbonyl (C=O) groups excluding carboxylic acids is 2. The molecule has 2 aromatic rings. The Morgan fingerprint density at radius 3 is 2.31 bits per heavy atom. The van der Waals surface area contributed by atoms with Gasteiger partial charge in [-0.15, -0.1) is 0 Å². The molecule has 2 fully saturated rings. The predicted molar refractivity (Wildman–Crippen MR) is 131 cm³/mol. The molecule has 0 atom stereocenters. The number of hydrogen-bond acceptors (Lipinski definition) is 8. The SMILES string of the molecule is CC(=O)N1CCN(c2ccc(Nc3ncc(F)c(NC4CN(C(=O)OC(C)(C)C)C4)n3)cc2)CC1. The van der Waals surface area contributed by atoms with E-state index in [0.717, 1.165) is 30.7 Å². The molecule has 1 aromatic carbocycles. The number of aromatic nitrogens is 2. The van der Waals surface area contributed by atoms with Crippen molar-refractivity contribution in [1.82, 2.24) is 19.8 Å². The van der Waals surface area contributed by atoms with Crippen LogP contribution < -0.4 is 15.5 Å². The van der Waals surface area contributed by atoms with Crippen molar-refractivity contribution in [3.63, 3.8) is 0 Å². The van der Waals surface area contributed by atoms with E-state index in [1.165, 1.54) is 0 Å². The summed E-state index contributed by atoms with van der Waals surface area (Å²) in [6.07, 6.45) is 0.732. The fourth-order valence-electron chi connectivity index (χ4n) is 3.93. The van der Waals surface area contributed by atoms with Crippen LogP contribution in [0.25, 0.3) is 0 Å². The fourth-order valence-corrected chi connectivity index (χ4v) is 3.93. The summed E-state index contributed by atoms with van der Waals surface area (Å²) in [5.74, 6) is -0.113. The minimum atomic E-state index is -0.564. The second-order valence-corrected chi connectivity index (χ2v) is 9.78. The van der Waals surface area contributed by atoms with Crippen molar-refractivity contribution in [1.29, 1.82) is 0 Å². The Morgan fingerprint density at radius 1 is 1.06 bits per heavy atom. The number of benzene rings is 1. The number of carbonyl (C=O) groups is 2. The molecule has 2 saturated heterocycles. The summed E-state index contributed by atoms with van der Waals surface area (Å²) in [5.41, 5.74) is 1.28. The molecule has 2 N–H and O–H groups in total. The van der Waals surface area contributed by atoms with Gasteiger partial charge in [-0.25, -0.2) is 14.2 Å². The summed E-state index contributed by atoms with van der Waals surface area (Å²) in [4.78, 5) is 37.5. The highest BCUT2D eigenvalue weighted by atomic mass is 19.1. The van der Waals surface area contributed by atoms with E-state index in [-0.39, 0.29) is 29.8 Å². The second kappa shape index (κ2) is 9.93. The van der Waals surface area contributed by atoms with Crippen LogP contribution in [0.15, 0.2) is 30.5 Å². The minimum Gasteiger partial charge on any atom is -0.444 e. The van der Waals surface area contributed by atoms with E-state index in [4.69, 9.17) is 4.74 Å². The number of likely N-dealkylation sites (tertiary alicyclic amines) is 1. The normalized spacial score (nSPS) is 16.5. The molecule has 0 bridgehead atoms. The average Bonchev–Trinajstić information content (AvgIpc) is 2.77. The lowest BCUT2D eigenvalue weighted by Crippen LogP contribution is -2.58. The molecule has 2 amide bonds. The van der Waals surface area contributed by atoms with E-state index < -0.39 is 11.4 Å². The van der Waals surface area contributed by atoms with Gasteiger partial charge in [0.25, 0.3) is 0 Å². The highest BCUT2D eigenvalue weighted by molar-refractivity contribution is 5.73. The monoisotopic (exact) mass is 485 g/mol. The molecule has 11 heteroatoms. The van der Waals surface area contributed by atoms with Gasteiger partial charge in [0.1, 0.15) is 5.60 Å². The molecule has 3 heterocycles. The molecule has 188 valence electrons. The number of halogens is 1. The molecule has 10 nitrogen and oxygen atoms in total. The van der Waals surface area contributed by atoms with Gasteiger partial charge < -0.3 is 30.1 Å². The molecule has 2 aliphatic heterocycles. The zero-order valence-electron chi connectivity index (χ0n) is 20.5. The zero-order valence-corrected chi connectivity index (χ0v) is 20.5. The third-order valence-electron chi connectivity index (χ3n) is 5.83. The van der Waals surface area contributed by atoms with Crippen LogP contribution in [-0.2, 0) is 9.53 Å². The highest BCUT2D eigenvalue weighted by Crippen LogP contribution is 2.23. The molecule has 0 aliphatic carbocycles. The van der Waals surface area contributed by atoms with Gasteiger partial charge in [0, 0.05) is 57.6 Å². The highest BCUT2D eigenvalue weighted by Gasteiger charge is 2.34. The van der Waals surface area contributed by atoms with Crippen LogP contribution in [0.1, 0.15) is 27.7 Å². The smallest absolute Gasteiger partial charge is 0.410 e. The molecule has 4 rings (SSSR count). The van der Waals surface area contributed by atoms with Crippen molar-refractivity contribution in [2.24, 2.45) is 0 Å². The zero-order chi connectivity index (χ0) is 25.2. The predicted octanol–water partition coefficient (Wildman–Crippen LogP) is 3.06. The molecular weight excluding hydrogens is 453 g/mol. The van der Waals surface area contributed by atoms with Crippen molar-refractivity contribution in [2.45, 2.75) is 39.3 Å². The van der Waals surface area contributed by atoms with Crippen molar-refractivity contribution in [2.75, 3.05) is 54.8 Å². The molecule has 0 spiro atoms. The van der Waals surface area contributed by atoms with Gasteiger partial charge in [0.05, 0.1) is 12.2 Å². The van der Waals surface area contributed by atoms with E-state index in [2.05, 4.69) is 25.5 Å². The summed E-state index contributed by atoms with van der Waals surface area (Å²) in [6, 6.07) is 7.69. The summed E-state index contributed by atoms with van der Waals surface area (Å²) >= 11 is 0. The van der Waals surface area contributed by atoms with Gasteiger partial charge in [-0.05, 0) is 45.0 Å². The lowest BCUT2D eigenvalue weighted by Gasteiger charge is -2.40. The molecule has 0 saturated carbocycles. The van der Waals surface area contributed by atoms with Crippen LogP contribution in [0.2, 0.25) is 0 Å². The first-order valence-corrected chi connectivity index (χ1v) is 11.7. The number of hydrogen-bond donors (Lipinski definition) is 2. The van der Waals surface area contributed by atoms with E-state index in [0.29, 0.717) is 26.2 Å². The Labute approximate surface area is 204 Å². The Hall–Kier alpha value is -3.63. The molecule has 0 unspecified atom stereocenters. The third-order valence-corrected chi connectivity index (χ3v) is 5.83. The van der Waals surface area contributed by atoms with Crippen LogP contribution in [0, 0.1) is 5.82 Å². The Morgan fingerprint density at radius 2 is 1.71 bits per heavy atom. The van der Waals surface area contributed by atoms with Crippen LogP contribution >= 0.6 is 0 Å². The van der Waals surface area contributed by atoms with E-state index in [1.54, 1.807) is 11.8 Å². The Balaban J connectivity index is 1.31. The van der Waals surface area contributed by atoms with Gasteiger partial charge in [0.2, 0.25) is 11.9 Å². The summed E-state index contributed by atoms with van der Waals surface area (Å²) < 4.78 is 19.6. The second-order valence-electron chi connectivity index (χ2n) is 9.78. The van der Waals surface area contributed by atoms with Crippen LogP contribution in [0.5, 0.6) is 0 Å². The van der Waals surface area contributed by atoms with Crippen LogP contribution in [-0.4, -0.2) is 82.7 Å². The van der Waals surface area contributed by atoms with Crippen molar-refractivity contribution >= 4 is 35.1 Å². The number of anilines is 4. The van der Waals surface area contributed by atoms with Gasteiger partial charge in [0.15, 0.2) is 11.6 Å². The van der Waals surface area contributed by atoms with Crippen molar-refractivity contribution < 1.29 is 18.7 Å². The van der Waals surface area contributed by atoms with Crippen molar-refractivity contribution in [3.05, 3.63) is 36.3 Å². The molecular formula is C24H32FN7O3. The van der Waals surface area contributed by atoms with E-state index >= 15 is 0 Å². The molecule has 2 aliphatic rings. The maximum atomic E-state index is 14.3. The Kier molecular flexibility index (Phi) is 6.95. The lowest BCUT2D eigenvalue weighted by molar-refractivity contribution is -0.129. The summed E-state index contributed by atoms with van der Waals surface area (Å²) in [7, 11) is 0. The summed E-state index contributed by atoms with van der Waals surface area (Å²) in [5, 5.41) is 6.13. The topological polar surface area (TPSA) is 103 Å². The number of rotatable bonds is 5. The first-order valence-electron chi connectivity index (χ1n) is 11.7. The third kappa shape index (κ3) is 6.28. The minimum absolute atomic E-state index is 0.0799. The molecule has 1 aromatic heterocycles. The largest absolute Gasteiger partial charge is 0.444 e. The fraction of sp³-hybridized carbons (Fsp3) is 0.500. The lowest BCUT2D eigenvalue weighted by atomic mass is 10.1. The molecule has 0 radical (unpaired) electrons. The van der Waals surface area contributed by atoms with Gasteiger partial charge in [-0.2, -0.15) is 4.98 Å². The number of ether oxygens (including phenoxy) is 1. The van der Waals surface area contributed by atoms with Gasteiger partial charge >= 0.3 is 6.09 Å². The standard InChI is InChI=1S/C24H32FN7O3/c1-16(33)30-9-11-31(12-10-30)19-7-5-17(6-8-19)28-22-26-13-20(25)21(29-22)27-18-14-32(15-18)23(34)35-24(2,3)4/h5-8,13,18H,9-12,14-15H2,1-4H3,(H2,26,27,28,29). The number of piperazine rings is 1. The number of nitrogens with zero attached hydrogens (tertiary/aromatic N) is 5. The Bertz CT molecular complexity index is 1060. The maximum Gasteiger partial charge on any atom is 0.410 e. The van der Waals surface area contributed by atoms with Gasteiger partial charge in [-0.1, -0.05) is 0 Å². The number of nitrogens with one attached hydrogen (secondary N) is 2. The summed E-state index contributed by atoms with van der Waals surface area (Å²) in [6.45, 7) is 10.9. The number of amides is 2. The van der Waals surface area contributed by atoms with Gasteiger partial charge in [-0.3, -0.25) is 4.79 Å². The first kappa shape index (κ1) is 24.5. The van der Waals surface area contributed by atoms with Crippen molar-refractivity contribution in [3.8, 4) is 0 Å². The van der Waals surface area contributed by atoms with E-state index in [9.17, 15) is 14.0 Å². The van der Waals surface area contributed by atoms with Crippen LogP contribution in [0.3, 0.4) is 0 Å². The van der Waals surface area contributed by atoms with E-state index in [1.807, 2.05) is 49.9 Å².